The van der Waals surface area contributed by atoms with E-state index in [4.69, 9.17) is 15.9 Å². The molecule has 0 bridgehead atoms. The van der Waals surface area contributed by atoms with Crippen LogP contribution in [0, 0.1) is 35.8 Å². The molecule has 2 aromatic carbocycles. The molecule has 2 N–H and O–H groups in total. The molecule has 2 saturated heterocycles. The molecule has 17 heteroatoms. The zero-order valence-electron chi connectivity index (χ0n) is 34.2. The van der Waals surface area contributed by atoms with Crippen molar-refractivity contribution < 1.29 is 47.6 Å². The molecule has 2 aliphatic carbocycles. The Morgan fingerprint density at radius 2 is 1.26 bits per heavy atom. The molecule has 4 aliphatic rings. The number of fused-ring (bicyclic) bond motifs is 2. The monoisotopic (exact) mass is 918 g/mol. The SMILES string of the molecule is C.C#C[C@]1(O)CCN(C)C1=O.CCOC(=O)c1nn(-c2cc(Br)ccc2F)c2c1CCC2.CCOC(=O)c1nn(-c2cc(C#C[C@]3(O)CCN(C)C3=O)ccc2F)c2c1CCC2. The third kappa shape index (κ3) is 9.45. The molecule has 0 saturated carbocycles. The first kappa shape index (κ1) is 47.2. The van der Waals surface area contributed by atoms with Crippen molar-refractivity contribution >= 4 is 39.7 Å². The van der Waals surface area contributed by atoms with Crippen LogP contribution < -0.4 is 0 Å². The van der Waals surface area contributed by atoms with Crippen LogP contribution in [-0.4, -0.2) is 115 Å². The molecule has 2 aliphatic heterocycles. The van der Waals surface area contributed by atoms with Crippen LogP contribution in [0.3, 0.4) is 0 Å². The van der Waals surface area contributed by atoms with Crippen LogP contribution in [0.2, 0.25) is 0 Å². The minimum Gasteiger partial charge on any atom is -0.461 e. The van der Waals surface area contributed by atoms with Crippen LogP contribution in [0.4, 0.5) is 8.78 Å². The van der Waals surface area contributed by atoms with Gasteiger partial charge in [0.1, 0.15) is 23.0 Å². The lowest BCUT2D eigenvalue weighted by atomic mass is 10.0. The van der Waals surface area contributed by atoms with Gasteiger partial charge in [-0.25, -0.2) is 27.7 Å². The summed E-state index contributed by atoms with van der Waals surface area (Å²) in [6.07, 6.45) is 10.3. The first-order chi connectivity index (χ1) is 29.0. The zero-order valence-corrected chi connectivity index (χ0v) is 35.8. The van der Waals surface area contributed by atoms with E-state index in [0.29, 0.717) is 55.9 Å². The van der Waals surface area contributed by atoms with E-state index in [0.717, 1.165) is 52.7 Å². The van der Waals surface area contributed by atoms with Gasteiger partial charge in [0.2, 0.25) is 11.2 Å². The van der Waals surface area contributed by atoms with Crippen LogP contribution in [0.1, 0.15) is 96.0 Å². The molecular weight excluding hydrogens is 870 g/mol. The number of rotatable bonds is 6. The molecule has 0 spiro atoms. The van der Waals surface area contributed by atoms with Crippen LogP contribution >= 0.6 is 15.9 Å². The van der Waals surface area contributed by atoms with Crippen molar-refractivity contribution in [3.05, 3.63) is 92.0 Å². The lowest BCUT2D eigenvalue weighted by molar-refractivity contribution is -0.138. The maximum atomic E-state index is 14.7. The topological polar surface area (TPSA) is 169 Å². The minimum absolute atomic E-state index is 0. The molecule has 0 unspecified atom stereocenters. The second-order valence-electron chi connectivity index (χ2n) is 14.8. The largest absolute Gasteiger partial charge is 0.461 e. The molecule has 2 amide bonds. The number of carbonyl (C=O) groups is 4. The van der Waals surface area contributed by atoms with E-state index in [-0.39, 0.29) is 43.6 Å². The molecule has 4 heterocycles. The molecule has 62 heavy (non-hydrogen) atoms. The average molecular weight is 920 g/mol. The minimum atomic E-state index is -1.73. The van der Waals surface area contributed by atoms with Crippen molar-refractivity contribution in [2.45, 2.75) is 83.8 Å². The number of benzene rings is 2. The fourth-order valence-corrected chi connectivity index (χ4v) is 7.88. The van der Waals surface area contributed by atoms with Crippen molar-refractivity contribution in [3.8, 4) is 35.6 Å². The Balaban J connectivity index is 0.000000196. The molecule has 2 aromatic heterocycles. The molecule has 8 rings (SSSR count). The normalized spacial score (nSPS) is 19.5. The fraction of sp³-hybridized carbons (Fsp3) is 0.422. The number of nitrogens with zero attached hydrogens (tertiary/aromatic N) is 6. The highest BCUT2D eigenvalue weighted by atomic mass is 79.9. The number of halogens is 3. The number of amides is 2. The van der Waals surface area contributed by atoms with Crippen LogP contribution in [0.5, 0.6) is 0 Å². The molecule has 2 fully saturated rings. The predicted octanol–water partition coefficient (Wildman–Crippen LogP) is 4.91. The Morgan fingerprint density at radius 3 is 1.69 bits per heavy atom. The molecule has 2 atom stereocenters. The third-order valence-corrected chi connectivity index (χ3v) is 11.3. The number of carbonyl (C=O) groups excluding carboxylic acids is 4. The summed E-state index contributed by atoms with van der Waals surface area (Å²) in [7, 11) is 3.23. The molecule has 4 aromatic rings. The van der Waals surface area contributed by atoms with Crippen LogP contribution in [0.15, 0.2) is 40.9 Å². The summed E-state index contributed by atoms with van der Waals surface area (Å²) in [5.74, 6) is 4.86. The highest BCUT2D eigenvalue weighted by Gasteiger charge is 2.43. The van der Waals surface area contributed by atoms with Crippen molar-refractivity contribution in [3.63, 3.8) is 0 Å². The predicted molar refractivity (Wildman–Crippen MR) is 228 cm³/mol. The first-order valence-corrected chi connectivity index (χ1v) is 20.6. The van der Waals surface area contributed by atoms with E-state index < -0.39 is 34.9 Å². The van der Waals surface area contributed by atoms with Gasteiger partial charge in [-0.15, -0.1) is 6.42 Å². The van der Waals surface area contributed by atoms with Crippen molar-refractivity contribution in [1.29, 1.82) is 0 Å². The van der Waals surface area contributed by atoms with Gasteiger partial charge in [0, 0.05) is 72.6 Å². The van der Waals surface area contributed by atoms with Gasteiger partial charge in [0.05, 0.1) is 13.2 Å². The van der Waals surface area contributed by atoms with Crippen molar-refractivity contribution in [2.75, 3.05) is 40.4 Å². The van der Waals surface area contributed by atoms with Gasteiger partial charge in [-0.05, 0) is 88.8 Å². The van der Waals surface area contributed by atoms with E-state index in [1.165, 1.54) is 43.4 Å². The van der Waals surface area contributed by atoms with Gasteiger partial charge in [-0.1, -0.05) is 41.1 Å². The number of likely N-dealkylation sites (N-methyl/N-ethyl adjacent to an activating group) is 2. The Hall–Kier alpha value is -5.88. The average Bonchev–Trinajstić information content (AvgIpc) is 4.10. The number of hydrogen-bond donors (Lipinski definition) is 2. The molecule has 14 nitrogen and oxygen atoms in total. The number of aliphatic hydroxyl groups is 2. The standard InChI is InChI=1S/C22H22FN3O4.C15H14BrFN2O2.C7H9NO2.CH4/c1-3-30-20(27)19-15-5-4-6-17(15)26(24-19)18-13-14(7-8-16(18)23)9-10-22(29)11-12-25(2)21(22)28;1-2-21-15(20)14-10-4-3-5-12(10)19(18-14)13-8-9(16)6-7-11(13)17;1-3-7(10)4-5-8(2)6(7)9;/h7-8,13,29H,3-6,11-12H2,1-2H3;6-8H,2-5H2,1H3;1,10H,4-5H2,2H3;1H4/t22-;;7-;/m0.0./s1. The van der Waals surface area contributed by atoms with Gasteiger partial charge in [0.25, 0.3) is 11.8 Å². The van der Waals surface area contributed by atoms with Gasteiger partial charge >= 0.3 is 11.9 Å². The number of aromatic nitrogens is 4. The van der Waals surface area contributed by atoms with E-state index in [2.05, 4.69) is 43.9 Å². The Kier molecular flexibility index (Phi) is 14.8. The second kappa shape index (κ2) is 19.4. The summed E-state index contributed by atoms with van der Waals surface area (Å²) in [5, 5.41) is 28.4. The summed E-state index contributed by atoms with van der Waals surface area (Å²) in [5.41, 5.74) is 1.58. The summed E-state index contributed by atoms with van der Waals surface area (Å²) in [6.45, 7) is 4.97. The maximum absolute atomic E-state index is 14.7. The smallest absolute Gasteiger partial charge is 0.359 e. The Labute approximate surface area is 367 Å². The summed E-state index contributed by atoms with van der Waals surface area (Å²) >= 11 is 3.34. The fourth-order valence-electron chi connectivity index (χ4n) is 7.53. The third-order valence-electron chi connectivity index (χ3n) is 10.8. The lowest BCUT2D eigenvalue weighted by Crippen LogP contribution is -2.37. The second-order valence-corrected chi connectivity index (χ2v) is 15.8. The number of esters is 2. The molecule has 0 radical (unpaired) electrons. The number of ether oxygens (including phenoxy) is 2. The van der Waals surface area contributed by atoms with E-state index >= 15 is 0 Å². The van der Waals surface area contributed by atoms with Gasteiger partial charge in [-0.3, -0.25) is 9.59 Å². The van der Waals surface area contributed by atoms with Crippen molar-refractivity contribution in [2.24, 2.45) is 0 Å². The quantitative estimate of drug-likeness (QED) is 0.200. The van der Waals surface area contributed by atoms with E-state index in [9.17, 15) is 38.2 Å². The zero-order chi connectivity index (χ0) is 44.2. The number of terminal acetylenes is 1. The number of hydrogen-bond acceptors (Lipinski definition) is 10. The summed E-state index contributed by atoms with van der Waals surface area (Å²) < 4.78 is 42.6. The first-order valence-electron chi connectivity index (χ1n) is 19.8. The van der Waals surface area contributed by atoms with Gasteiger partial charge < -0.3 is 29.5 Å². The molecular formula is C45H49BrF2N6O8. The van der Waals surface area contributed by atoms with Gasteiger partial charge in [-0.2, -0.15) is 10.2 Å². The Morgan fingerprint density at radius 1 is 0.790 bits per heavy atom. The van der Waals surface area contributed by atoms with Crippen molar-refractivity contribution in [1.82, 2.24) is 29.4 Å². The summed E-state index contributed by atoms with van der Waals surface area (Å²) in [6, 6.07) is 8.93. The summed E-state index contributed by atoms with van der Waals surface area (Å²) in [4.78, 5) is 50.2. The molecule has 328 valence electrons. The van der Waals surface area contributed by atoms with Gasteiger partial charge in [0.15, 0.2) is 11.4 Å². The Bertz CT molecular complexity index is 2500. The van der Waals surface area contributed by atoms with Crippen LogP contribution in [-0.2, 0) is 44.7 Å². The van der Waals surface area contributed by atoms with E-state index in [1.807, 2.05) is 0 Å². The lowest BCUT2D eigenvalue weighted by Gasteiger charge is -2.13. The van der Waals surface area contributed by atoms with Crippen LogP contribution in [0.25, 0.3) is 11.4 Å². The highest BCUT2D eigenvalue weighted by Crippen LogP contribution is 2.32. The maximum Gasteiger partial charge on any atom is 0.359 e. The number of likely N-dealkylation sites (tertiary alicyclic amines) is 2. The highest BCUT2D eigenvalue weighted by molar-refractivity contribution is 9.10. The van der Waals surface area contributed by atoms with E-state index in [1.54, 1.807) is 40.1 Å².